The summed E-state index contributed by atoms with van der Waals surface area (Å²) in [6, 6.07) is 10.4. The lowest BCUT2D eigenvalue weighted by Gasteiger charge is -2.37. The molecule has 2 amide bonds. The highest BCUT2D eigenvalue weighted by molar-refractivity contribution is 6.72. The molecule has 2 aromatic carbocycles. The number of non-ortho nitro benzene ring substituents is 1. The van der Waals surface area contributed by atoms with Gasteiger partial charge in [0.25, 0.3) is 17.5 Å². The number of hydrogen-bond acceptors (Lipinski definition) is 13. The Hall–Kier alpha value is -4.21. The van der Waals surface area contributed by atoms with Gasteiger partial charge in [-0.2, -0.15) is 0 Å². The van der Waals surface area contributed by atoms with Crippen LogP contribution in [0.1, 0.15) is 30.2 Å². The first kappa shape index (κ1) is 37.5. The number of aromatic nitrogens is 3. The largest absolute Gasteiger partial charge is 0.396 e. The van der Waals surface area contributed by atoms with Crippen LogP contribution in [0, 0.1) is 16.0 Å². The van der Waals surface area contributed by atoms with Gasteiger partial charge in [-0.3, -0.25) is 24.4 Å². The van der Waals surface area contributed by atoms with Crippen molar-refractivity contribution in [3.05, 3.63) is 75.6 Å². The number of carbonyl (C=O) groups is 2. The summed E-state index contributed by atoms with van der Waals surface area (Å²) < 4.78 is 29.5. The second-order valence-electron chi connectivity index (χ2n) is 14.0. The summed E-state index contributed by atoms with van der Waals surface area (Å²) in [5.74, 6) is -2.16. The molecule has 3 aromatic rings. The number of benzene rings is 2. The maximum atomic E-state index is 16.2. The summed E-state index contributed by atoms with van der Waals surface area (Å²) >= 11 is 0. The number of ether oxygens (including phenoxy) is 2. The van der Waals surface area contributed by atoms with E-state index in [0.29, 0.717) is 23.4 Å². The highest BCUT2D eigenvalue weighted by Gasteiger charge is 2.67. The van der Waals surface area contributed by atoms with Crippen LogP contribution in [0.15, 0.2) is 48.7 Å². The Balaban J connectivity index is 1.29. The molecule has 0 saturated carbocycles. The van der Waals surface area contributed by atoms with Gasteiger partial charge in [-0.1, -0.05) is 24.3 Å². The van der Waals surface area contributed by atoms with Crippen LogP contribution >= 0.6 is 0 Å². The monoisotopic (exact) mass is 744 g/mol. The molecule has 3 aliphatic rings. The number of nitrogens with zero attached hydrogens (tertiary/aromatic N) is 5. The first-order valence-electron chi connectivity index (χ1n) is 16.8. The average Bonchev–Trinajstić information content (AvgIpc) is 3.74. The molecule has 2 fully saturated rings. The van der Waals surface area contributed by atoms with Crippen molar-refractivity contribution in [2.24, 2.45) is 5.92 Å². The van der Waals surface area contributed by atoms with Gasteiger partial charge < -0.3 is 49.3 Å². The Morgan fingerprint density at radius 2 is 1.88 bits per heavy atom. The first-order valence-corrected chi connectivity index (χ1v) is 19.8. The van der Waals surface area contributed by atoms with Crippen molar-refractivity contribution in [3.63, 3.8) is 0 Å². The van der Waals surface area contributed by atoms with Crippen molar-refractivity contribution in [1.82, 2.24) is 15.0 Å². The van der Waals surface area contributed by atoms with Crippen LogP contribution in [-0.4, -0.2) is 109 Å². The average molecular weight is 745 g/mol. The molecule has 2 saturated heterocycles. The summed E-state index contributed by atoms with van der Waals surface area (Å²) in [7, 11) is -3.55. The van der Waals surface area contributed by atoms with Crippen molar-refractivity contribution in [1.29, 1.82) is 0 Å². The zero-order chi connectivity index (χ0) is 37.7. The zero-order valence-electron chi connectivity index (χ0n) is 28.6. The highest BCUT2D eigenvalue weighted by Crippen LogP contribution is 2.60. The molecule has 6 N–H and O–H groups in total. The molecule has 1 spiro atoms. The topological polar surface area (TPSA) is 243 Å². The molecule has 1 aromatic heterocycles. The van der Waals surface area contributed by atoms with Crippen LogP contribution in [0.25, 0.3) is 0 Å². The van der Waals surface area contributed by atoms with E-state index in [1.54, 1.807) is 49.1 Å². The summed E-state index contributed by atoms with van der Waals surface area (Å²) in [5, 5.41) is 71.7. The van der Waals surface area contributed by atoms with E-state index in [-0.39, 0.29) is 43.1 Å². The molecule has 4 heterocycles. The number of nitro benzene ring substituents is 1. The van der Waals surface area contributed by atoms with Gasteiger partial charge in [0.05, 0.1) is 29.0 Å². The number of hydrogen-bond donors (Lipinski definition) is 6. The van der Waals surface area contributed by atoms with E-state index in [2.05, 4.69) is 15.6 Å². The molecule has 6 rings (SSSR count). The minimum atomic E-state index is -3.55. The molecule has 0 bridgehead atoms. The quantitative estimate of drug-likeness (QED) is 0.0692. The van der Waals surface area contributed by atoms with Crippen LogP contribution in [0.4, 0.5) is 21.2 Å². The zero-order valence-corrected chi connectivity index (χ0v) is 29.6. The van der Waals surface area contributed by atoms with E-state index >= 15 is 4.11 Å². The fourth-order valence-corrected chi connectivity index (χ4v) is 10.3. The lowest BCUT2D eigenvalue weighted by Crippen LogP contribution is -2.60. The van der Waals surface area contributed by atoms with Gasteiger partial charge in [-0.15, -0.1) is 5.10 Å². The van der Waals surface area contributed by atoms with Gasteiger partial charge in [0, 0.05) is 60.6 Å². The minimum Gasteiger partial charge on any atom is -0.396 e. The fourth-order valence-electron chi connectivity index (χ4n) is 7.73. The van der Waals surface area contributed by atoms with Crippen molar-refractivity contribution in [2.45, 2.75) is 93.9 Å². The number of halogens is 1. The standard InChI is InChI=1S/C33H41FN6O11Si/c1-17-29(52(2,3)34)24(9-11-38-16-20(10-12-41)36-37-38)51-33(17)22-14-21(40(48)49)7-8-23(22)39(32(33)47)15-18-5-4-6-19(13-18)35-30(45)28-26(43)25(42)27(44)31(46)50-28/h4-8,13-14,16-17,24-29,31,41-44,46H,9-12,15H2,1-3H3,(H,35,45)/t17-,24+,25-,26-,27+,28-,29-,31+,33+/m0/s1. The second kappa shape index (κ2) is 14.3. The Labute approximate surface area is 297 Å². The summed E-state index contributed by atoms with van der Waals surface area (Å²) in [6.07, 6.45) is -7.61. The number of amides is 2. The van der Waals surface area contributed by atoms with Crippen molar-refractivity contribution < 1.29 is 53.6 Å². The third kappa shape index (κ3) is 6.73. The maximum Gasteiger partial charge on any atom is 0.269 e. The maximum absolute atomic E-state index is 16.2. The van der Waals surface area contributed by atoms with Crippen LogP contribution in [0.5, 0.6) is 0 Å². The van der Waals surface area contributed by atoms with E-state index in [1.807, 2.05) is 0 Å². The summed E-state index contributed by atoms with van der Waals surface area (Å²) in [4.78, 5) is 40.5. The fraction of sp³-hybridized carbons (Fsp3) is 0.515. The van der Waals surface area contributed by atoms with Crippen molar-refractivity contribution in [3.8, 4) is 0 Å². The Morgan fingerprint density at radius 1 is 1.13 bits per heavy atom. The summed E-state index contributed by atoms with van der Waals surface area (Å²) in [6.45, 7) is 4.94. The SMILES string of the molecule is C[C@H]1[C@H]([Si](C)(C)F)[C@@H](CCn2cc(CCO)nn2)O[C@]12C(=O)N(Cc1cccc(NC(=O)[C@H]3O[C@@H](O)[C@H](O)[C@@H](O)[C@@H]3O)c1)c1ccc([N+](=O)[O-])cc12. The molecular weight excluding hydrogens is 703 g/mol. The number of nitrogens with one attached hydrogen (secondary N) is 1. The number of carbonyl (C=O) groups excluding carboxylic acids is 2. The number of aliphatic hydroxyl groups excluding tert-OH is 5. The summed E-state index contributed by atoms with van der Waals surface area (Å²) in [5.41, 5.74) is -0.786. The minimum absolute atomic E-state index is 0.0737. The molecule has 9 atom stereocenters. The van der Waals surface area contributed by atoms with E-state index in [0.717, 1.165) is 0 Å². The predicted octanol–water partition coefficient (Wildman–Crippen LogP) is 0.872. The number of rotatable bonds is 11. The number of anilines is 2. The third-order valence-corrected chi connectivity index (χ3v) is 12.6. The van der Waals surface area contributed by atoms with E-state index < -0.39 is 79.0 Å². The predicted molar refractivity (Wildman–Crippen MR) is 182 cm³/mol. The Bertz CT molecular complexity index is 1840. The lowest BCUT2D eigenvalue weighted by atomic mass is 9.82. The van der Waals surface area contributed by atoms with Crippen LogP contribution in [0.3, 0.4) is 0 Å². The number of nitro groups is 1. The Morgan fingerprint density at radius 3 is 2.58 bits per heavy atom. The van der Waals surface area contributed by atoms with Crippen molar-refractivity contribution in [2.75, 3.05) is 16.8 Å². The van der Waals surface area contributed by atoms with Crippen LogP contribution in [0.2, 0.25) is 18.6 Å². The van der Waals surface area contributed by atoms with E-state index in [9.17, 15) is 45.2 Å². The van der Waals surface area contributed by atoms with Gasteiger partial charge in [-0.25, -0.2) is 0 Å². The van der Waals surface area contributed by atoms with Gasteiger partial charge in [0.1, 0.15) is 18.3 Å². The van der Waals surface area contributed by atoms with Gasteiger partial charge in [0.2, 0.25) is 8.41 Å². The molecule has 19 heteroatoms. The molecule has 3 aliphatic heterocycles. The smallest absolute Gasteiger partial charge is 0.269 e. The molecule has 17 nitrogen and oxygen atoms in total. The molecule has 52 heavy (non-hydrogen) atoms. The third-order valence-electron chi connectivity index (χ3n) is 10.1. The molecule has 0 radical (unpaired) electrons. The molecular formula is C33H41FN6O11Si. The normalized spacial score (nSPS) is 30.2. The van der Waals surface area contributed by atoms with E-state index in [4.69, 9.17) is 9.47 Å². The second-order valence-corrected chi connectivity index (χ2v) is 17.8. The molecule has 0 unspecified atom stereocenters. The van der Waals surface area contributed by atoms with Crippen LogP contribution in [-0.2, 0) is 44.2 Å². The highest BCUT2D eigenvalue weighted by atomic mass is 28.4. The first-order chi connectivity index (χ1) is 24.6. The van der Waals surface area contributed by atoms with Crippen LogP contribution < -0.4 is 10.2 Å². The van der Waals surface area contributed by atoms with E-state index in [1.165, 1.54) is 29.2 Å². The number of fused-ring (bicyclic) bond motifs is 2. The van der Waals surface area contributed by atoms with Crippen molar-refractivity contribution >= 4 is 37.3 Å². The Kier molecular flexibility index (Phi) is 10.3. The van der Waals surface area contributed by atoms with Gasteiger partial charge in [-0.05, 0) is 43.3 Å². The molecule has 0 aliphatic carbocycles. The molecule has 280 valence electrons. The van der Waals surface area contributed by atoms with Gasteiger partial charge in [0.15, 0.2) is 18.0 Å². The van der Waals surface area contributed by atoms with Gasteiger partial charge >= 0.3 is 0 Å². The number of aryl methyl sites for hydroxylation is 1. The number of aliphatic hydroxyl groups is 5. The lowest BCUT2D eigenvalue weighted by molar-refractivity contribution is -0.385.